The van der Waals surface area contributed by atoms with Gasteiger partial charge in [-0.25, -0.2) is 0 Å². The standard InChI is InChI=1S/C7H10N2O/c1-2-6(3-4-8)5-7(9)10/h3,5,8H,2H2,1H3,(H2,9,10)/b6-5-. The van der Waals surface area contributed by atoms with Gasteiger partial charge in [0.15, 0.2) is 0 Å². The van der Waals surface area contributed by atoms with E-state index in [-0.39, 0.29) is 0 Å². The molecular weight excluding hydrogens is 128 g/mol. The zero-order valence-electron chi connectivity index (χ0n) is 5.85. The quantitative estimate of drug-likeness (QED) is 0.335. The highest BCUT2D eigenvalue weighted by Gasteiger charge is 1.89. The van der Waals surface area contributed by atoms with Gasteiger partial charge in [0.2, 0.25) is 5.91 Å². The minimum Gasteiger partial charge on any atom is -0.366 e. The maximum Gasteiger partial charge on any atom is 0.241 e. The molecule has 0 aromatic heterocycles. The first kappa shape index (κ1) is 8.66. The van der Waals surface area contributed by atoms with Crippen LogP contribution in [0.4, 0.5) is 0 Å². The summed E-state index contributed by atoms with van der Waals surface area (Å²) in [6, 6.07) is 0. The maximum atomic E-state index is 10.3. The van der Waals surface area contributed by atoms with E-state index in [0.717, 1.165) is 5.57 Å². The van der Waals surface area contributed by atoms with E-state index in [1.807, 2.05) is 6.92 Å². The SMILES string of the molecule is CC/C(C=C=N)=C/C(N)=O. The molecule has 0 saturated heterocycles. The molecule has 0 aliphatic carbocycles. The summed E-state index contributed by atoms with van der Waals surface area (Å²) in [6.45, 7) is 1.88. The van der Waals surface area contributed by atoms with Crippen molar-refractivity contribution in [3.8, 4) is 0 Å². The molecule has 3 N–H and O–H groups in total. The summed E-state index contributed by atoms with van der Waals surface area (Å²) in [6.07, 6.45) is 3.40. The van der Waals surface area contributed by atoms with Crippen LogP contribution in [0.5, 0.6) is 0 Å². The Morgan fingerprint density at radius 2 is 2.40 bits per heavy atom. The van der Waals surface area contributed by atoms with E-state index >= 15 is 0 Å². The van der Waals surface area contributed by atoms with Crippen LogP contribution in [0, 0.1) is 5.41 Å². The van der Waals surface area contributed by atoms with E-state index in [1.165, 1.54) is 12.2 Å². The zero-order valence-corrected chi connectivity index (χ0v) is 5.85. The topological polar surface area (TPSA) is 66.9 Å². The lowest BCUT2D eigenvalue weighted by atomic mass is 10.2. The van der Waals surface area contributed by atoms with E-state index in [9.17, 15) is 4.79 Å². The summed E-state index contributed by atoms with van der Waals surface area (Å²) >= 11 is 0. The number of hydrogen-bond donors (Lipinski definition) is 2. The molecule has 0 aliphatic rings. The summed E-state index contributed by atoms with van der Waals surface area (Å²) in [5, 5.41) is 6.58. The van der Waals surface area contributed by atoms with Crippen molar-refractivity contribution in [3.63, 3.8) is 0 Å². The molecule has 0 spiro atoms. The van der Waals surface area contributed by atoms with Gasteiger partial charge in [0.1, 0.15) is 0 Å². The first-order chi connectivity index (χ1) is 4.70. The summed E-state index contributed by atoms with van der Waals surface area (Å²) in [4.78, 5) is 10.3. The molecule has 3 nitrogen and oxygen atoms in total. The second-order valence-corrected chi connectivity index (χ2v) is 1.76. The molecule has 0 aromatic carbocycles. The first-order valence-electron chi connectivity index (χ1n) is 2.96. The van der Waals surface area contributed by atoms with Gasteiger partial charge in [-0.05, 0) is 17.9 Å². The highest BCUT2D eigenvalue weighted by molar-refractivity contribution is 5.87. The molecule has 0 atom stereocenters. The van der Waals surface area contributed by atoms with Crippen molar-refractivity contribution in [3.05, 3.63) is 17.7 Å². The van der Waals surface area contributed by atoms with Crippen molar-refractivity contribution in [2.75, 3.05) is 0 Å². The molecular formula is C7H10N2O. The summed E-state index contributed by atoms with van der Waals surface area (Å²) in [5.41, 5.74) is 5.60. The van der Waals surface area contributed by atoms with Crippen molar-refractivity contribution in [2.24, 2.45) is 5.73 Å². The normalized spacial score (nSPS) is 10.3. The van der Waals surface area contributed by atoms with E-state index in [0.29, 0.717) is 6.42 Å². The number of allylic oxidation sites excluding steroid dienone is 2. The van der Waals surface area contributed by atoms with Crippen molar-refractivity contribution >= 4 is 11.8 Å². The van der Waals surface area contributed by atoms with Crippen LogP contribution in [0.25, 0.3) is 0 Å². The third kappa shape index (κ3) is 3.64. The Hall–Kier alpha value is -1.34. The number of carbonyl (C=O) groups excluding carboxylic acids is 1. The van der Waals surface area contributed by atoms with Crippen molar-refractivity contribution < 1.29 is 4.79 Å². The van der Waals surface area contributed by atoms with Gasteiger partial charge in [-0.1, -0.05) is 6.92 Å². The maximum absolute atomic E-state index is 10.3. The monoisotopic (exact) mass is 138 g/mol. The van der Waals surface area contributed by atoms with Gasteiger partial charge >= 0.3 is 0 Å². The molecule has 3 heteroatoms. The van der Waals surface area contributed by atoms with Crippen LogP contribution >= 0.6 is 0 Å². The predicted molar refractivity (Wildman–Crippen MR) is 39.9 cm³/mol. The lowest BCUT2D eigenvalue weighted by Gasteiger charge is -1.90. The van der Waals surface area contributed by atoms with Gasteiger partial charge in [0.05, 0.1) is 0 Å². The van der Waals surface area contributed by atoms with Crippen LogP contribution in [-0.4, -0.2) is 11.8 Å². The number of hydrogen-bond acceptors (Lipinski definition) is 2. The highest BCUT2D eigenvalue weighted by Crippen LogP contribution is 1.98. The van der Waals surface area contributed by atoms with Gasteiger partial charge in [-0.15, -0.1) is 0 Å². The molecule has 10 heavy (non-hydrogen) atoms. The van der Waals surface area contributed by atoms with Crippen LogP contribution in [0.15, 0.2) is 17.7 Å². The molecule has 54 valence electrons. The van der Waals surface area contributed by atoms with Gasteiger partial charge in [0, 0.05) is 12.2 Å². The van der Waals surface area contributed by atoms with Crippen molar-refractivity contribution in [1.82, 2.24) is 0 Å². The Labute approximate surface area is 59.7 Å². The number of nitrogens with one attached hydrogen (secondary N) is 1. The Morgan fingerprint density at radius 3 is 2.70 bits per heavy atom. The lowest BCUT2D eigenvalue weighted by Crippen LogP contribution is -2.06. The molecule has 0 aromatic rings. The number of nitrogens with two attached hydrogens (primary N) is 1. The molecule has 1 amide bonds. The smallest absolute Gasteiger partial charge is 0.241 e. The number of amides is 1. The minimum absolute atomic E-state index is 0.483. The molecule has 0 aliphatic heterocycles. The molecule has 0 bridgehead atoms. The largest absolute Gasteiger partial charge is 0.366 e. The zero-order chi connectivity index (χ0) is 7.98. The van der Waals surface area contributed by atoms with Crippen LogP contribution in [-0.2, 0) is 4.79 Å². The van der Waals surface area contributed by atoms with E-state index < -0.39 is 5.91 Å². The second-order valence-electron chi connectivity index (χ2n) is 1.76. The van der Waals surface area contributed by atoms with Crippen LogP contribution in [0.1, 0.15) is 13.3 Å². The average Bonchev–Trinajstić information content (AvgIpc) is 1.86. The highest BCUT2D eigenvalue weighted by atomic mass is 16.1. The van der Waals surface area contributed by atoms with E-state index in [1.54, 1.807) is 0 Å². The third-order valence-electron chi connectivity index (χ3n) is 0.993. The average molecular weight is 138 g/mol. The molecule has 0 radical (unpaired) electrons. The van der Waals surface area contributed by atoms with Crippen LogP contribution in [0.2, 0.25) is 0 Å². The fourth-order valence-electron chi connectivity index (χ4n) is 0.521. The van der Waals surface area contributed by atoms with E-state index in [2.05, 4.69) is 5.87 Å². The third-order valence-corrected chi connectivity index (χ3v) is 0.993. The van der Waals surface area contributed by atoms with Crippen molar-refractivity contribution in [2.45, 2.75) is 13.3 Å². The van der Waals surface area contributed by atoms with Gasteiger partial charge in [0.25, 0.3) is 0 Å². The summed E-state index contributed by atoms with van der Waals surface area (Å²) in [7, 11) is 0. The fraction of sp³-hybridized carbons (Fsp3) is 0.286. The fourth-order valence-corrected chi connectivity index (χ4v) is 0.521. The Balaban J connectivity index is 4.32. The van der Waals surface area contributed by atoms with Crippen LogP contribution in [0.3, 0.4) is 0 Å². The summed E-state index contributed by atoms with van der Waals surface area (Å²) < 4.78 is 0. The van der Waals surface area contributed by atoms with Crippen molar-refractivity contribution in [1.29, 1.82) is 5.41 Å². The first-order valence-corrected chi connectivity index (χ1v) is 2.96. The molecule has 0 saturated carbocycles. The second kappa shape index (κ2) is 4.53. The van der Waals surface area contributed by atoms with Gasteiger partial charge < -0.3 is 5.73 Å². The Morgan fingerprint density at radius 1 is 1.80 bits per heavy atom. The number of rotatable bonds is 3. The Bertz CT molecular complexity index is 200. The Kier molecular flexibility index (Phi) is 3.92. The van der Waals surface area contributed by atoms with E-state index in [4.69, 9.17) is 11.1 Å². The number of primary amides is 1. The molecule has 0 heterocycles. The van der Waals surface area contributed by atoms with Gasteiger partial charge in [-0.3, -0.25) is 10.2 Å². The minimum atomic E-state index is -0.483. The predicted octanol–water partition coefficient (Wildman–Crippen LogP) is 0.613. The number of carbonyl (C=O) groups is 1. The van der Waals surface area contributed by atoms with Gasteiger partial charge in [-0.2, -0.15) is 0 Å². The summed E-state index contributed by atoms with van der Waals surface area (Å²) in [5.74, 6) is 1.59. The molecule has 0 rings (SSSR count). The lowest BCUT2D eigenvalue weighted by molar-refractivity contribution is -0.113. The molecule has 0 unspecified atom stereocenters. The van der Waals surface area contributed by atoms with Crippen LogP contribution < -0.4 is 5.73 Å². The molecule has 0 fully saturated rings.